The van der Waals surface area contributed by atoms with Crippen molar-refractivity contribution in [2.75, 3.05) is 33.2 Å². The maximum absolute atomic E-state index is 4.46. The van der Waals surface area contributed by atoms with Gasteiger partial charge in [-0.2, -0.15) is 5.10 Å². The monoisotopic (exact) mass is 252 g/mol. The first-order chi connectivity index (χ1) is 8.56. The van der Waals surface area contributed by atoms with Gasteiger partial charge in [0, 0.05) is 25.8 Å². The van der Waals surface area contributed by atoms with Crippen LogP contribution in [0.4, 0.5) is 0 Å². The third-order valence-electron chi connectivity index (χ3n) is 3.55. The Labute approximate surface area is 111 Å². The van der Waals surface area contributed by atoms with Gasteiger partial charge in [-0.15, -0.1) is 0 Å². The fourth-order valence-electron chi connectivity index (χ4n) is 2.26. The van der Waals surface area contributed by atoms with Gasteiger partial charge in [0.15, 0.2) is 0 Å². The van der Waals surface area contributed by atoms with Gasteiger partial charge in [-0.1, -0.05) is 6.92 Å². The number of rotatable bonds is 8. The van der Waals surface area contributed by atoms with Crippen LogP contribution in [0.25, 0.3) is 0 Å². The van der Waals surface area contributed by atoms with Crippen LogP contribution in [0.5, 0.6) is 0 Å². The zero-order chi connectivity index (χ0) is 13.5. The van der Waals surface area contributed by atoms with E-state index in [0.717, 1.165) is 32.6 Å². The predicted octanol–water partition coefficient (Wildman–Crippen LogP) is 1.51. The summed E-state index contributed by atoms with van der Waals surface area (Å²) in [6.07, 6.45) is 2.34. The topological polar surface area (TPSA) is 33.1 Å². The standard InChI is InChI=1S/C14H28N4/c1-6-15-9-11-17(4)10-7-8-14-12(2)16-18(5)13(14)3/h15H,6-11H2,1-5H3. The molecule has 1 aromatic heterocycles. The van der Waals surface area contributed by atoms with E-state index in [2.05, 4.69) is 43.1 Å². The molecule has 0 atom stereocenters. The smallest absolute Gasteiger partial charge is 0.0628 e. The van der Waals surface area contributed by atoms with Gasteiger partial charge < -0.3 is 10.2 Å². The van der Waals surface area contributed by atoms with Crippen molar-refractivity contribution in [3.8, 4) is 0 Å². The SMILES string of the molecule is CCNCCN(C)CCCc1c(C)nn(C)c1C. The summed E-state index contributed by atoms with van der Waals surface area (Å²) in [7, 11) is 4.22. The highest BCUT2D eigenvalue weighted by molar-refractivity contribution is 5.24. The lowest BCUT2D eigenvalue weighted by Crippen LogP contribution is -2.30. The number of aromatic nitrogens is 2. The van der Waals surface area contributed by atoms with Crippen molar-refractivity contribution in [3.05, 3.63) is 17.0 Å². The first-order valence-electron chi connectivity index (χ1n) is 6.94. The van der Waals surface area contributed by atoms with Crippen molar-refractivity contribution in [1.82, 2.24) is 20.0 Å². The molecule has 0 radical (unpaired) electrons. The van der Waals surface area contributed by atoms with E-state index in [1.165, 1.54) is 23.4 Å². The Balaban J connectivity index is 2.28. The molecule has 0 aliphatic heterocycles. The van der Waals surface area contributed by atoms with Gasteiger partial charge in [-0.3, -0.25) is 4.68 Å². The third kappa shape index (κ3) is 4.42. The molecule has 0 fully saturated rings. The first-order valence-corrected chi connectivity index (χ1v) is 6.94. The van der Waals surface area contributed by atoms with Crippen LogP contribution in [0.2, 0.25) is 0 Å². The molecule has 4 nitrogen and oxygen atoms in total. The van der Waals surface area contributed by atoms with E-state index in [1.807, 2.05) is 11.7 Å². The average Bonchev–Trinajstić information content (AvgIpc) is 2.56. The normalized spacial score (nSPS) is 11.4. The summed E-state index contributed by atoms with van der Waals surface area (Å²) in [5.41, 5.74) is 3.92. The van der Waals surface area contributed by atoms with Crippen molar-refractivity contribution in [2.45, 2.75) is 33.6 Å². The van der Waals surface area contributed by atoms with Gasteiger partial charge in [0.2, 0.25) is 0 Å². The molecule has 0 saturated heterocycles. The number of aryl methyl sites for hydroxylation is 2. The summed E-state index contributed by atoms with van der Waals surface area (Å²) < 4.78 is 1.99. The van der Waals surface area contributed by atoms with Crippen molar-refractivity contribution in [2.24, 2.45) is 7.05 Å². The van der Waals surface area contributed by atoms with Crippen LogP contribution in [0.3, 0.4) is 0 Å². The van der Waals surface area contributed by atoms with Gasteiger partial charge in [-0.05, 0) is 52.4 Å². The molecule has 1 heterocycles. The molecule has 4 heteroatoms. The Bertz CT molecular complexity index is 357. The Hall–Kier alpha value is -0.870. The maximum Gasteiger partial charge on any atom is 0.0628 e. The molecular weight excluding hydrogens is 224 g/mol. The highest BCUT2D eigenvalue weighted by Gasteiger charge is 2.09. The Morgan fingerprint density at radius 2 is 2.00 bits per heavy atom. The van der Waals surface area contributed by atoms with Crippen LogP contribution in [-0.4, -0.2) is 47.9 Å². The minimum absolute atomic E-state index is 1.06. The number of nitrogens with zero attached hydrogens (tertiary/aromatic N) is 3. The van der Waals surface area contributed by atoms with Gasteiger partial charge in [0.25, 0.3) is 0 Å². The van der Waals surface area contributed by atoms with E-state index in [0.29, 0.717) is 0 Å². The molecule has 18 heavy (non-hydrogen) atoms. The zero-order valence-electron chi connectivity index (χ0n) is 12.6. The Morgan fingerprint density at radius 1 is 1.28 bits per heavy atom. The van der Waals surface area contributed by atoms with Crippen LogP contribution >= 0.6 is 0 Å². The number of likely N-dealkylation sites (N-methyl/N-ethyl adjacent to an activating group) is 2. The number of nitrogens with one attached hydrogen (secondary N) is 1. The number of hydrogen-bond donors (Lipinski definition) is 1. The van der Waals surface area contributed by atoms with Crippen molar-refractivity contribution >= 4 is 0 Å². The Morgan fingerprint density at radius 3 is 2.56 bits per heavy atom. The molecule has 0 aliphatic carbocycles. The van der Waals surface area contributed by atoms with Crippen LogP contribution in [0, 0.1) is 13.8 Å². The molecule has 1 N–H and O–H groups in total. The Kier molecular flexibility index (Phi) is 6.36. The molecule has 0 saturated carbocycles. The molecule has 0 amide bonds. The summed E-state index contributed by atoms with van der Waals surface area (Å²) in [6, 6.07) is 0. The second kappa shape index (κ2) is 7.54. The molecule has 0 aliphatic rings. The van der Waals surface area contributed by atoms with E-state index in [4.69, 9.17) is 0 Å². The van der Waals surface area contributed by atoms with E-state index in [-0.39, 0.29) is 0 Å². The zero-order valence-corrected chi connectivity index (χ0v) is 12.6. The second-order valence-corrected chi connectivity index (χ2v) is 5.03. The largest absolute Gasteiger partial charge is 0.316 e. The summed E-state index contributed by atoms with van der Waals surface area (Å²) in [5, 5.41) is 7.82. The van der Waals surface area contributed by atoms with E-state index in [9.17, 15) is 0 Å². The quantitative estimate of drug-likeness (QED) is 0.712. The van der Waals surface area contributed by atoms with Gasteiger partial charge in [0.1, 0.15) is 0 Å². The maximum atomic E-state index is 4.46. The van der Waals surface area contributed by atoms with Crippen LogP contribution in [-0.2, 0) is 13.5 Å². The fraction of sp³-hybridized carbons (Fsp3) is 0.786. The predicted molar refractivity (Wildman–Crippen MR) is 77.0 cm³/mol. The summed E-state index contributed by atoms with van der Waals surface area (Å²) in [6.45, 7) is 10.8. The molecule has 0 bridgehead atoms. The molecule has 0 spiro atoms. The highest BCUT2D eigenvalue weighted by atomic mass is 15.3. The fourth-order valence-corrected chi connectivity index (χ4v) is 2.26. The summed E-state index contributed by atoms with van der Waals surface area (Å²) in [4.78, 5) is 2.39. The minimum Gasteiger partial charge on any atom is -0.316 e. The lowest BCUT2D eigenvalue weighted by Gasteiger charge is -2.16. The van der Waals surface area contributed by atoms with Gasteiger partial charge >= 0.3 is 0 Å². The highest BCUT2D eigenvalue weighted by Crippen LogP contribution is 2.13. The molecular formula is C14H28N4. The molecule has 104 valence electrons. The van der Waals surface area contributed by atoms with Crippen LogP contribution < -0.4 is 5.32 Å². The molecule has 0 aromatic carbocycles. The number of hydrogen-bond acceptors (Lipinski definition) is 3. The summed E-state index contributed by atoms with van der Waals surface area (Å²) in [5.74, 6) is 0. The van der Waals surface area contributed by atoms with E-state index in [1.54, 1.807) is 0 Å². The molecule has 0 unspecified atom stereocenters. The van der Waals surface area contributed by atoms with E-state index >= 15 is 0 Å². The van der Waals surface area contributed by atoms with Crippen LogP contribution in [0.15, 0.2) is 0 Å². The second-order valence-electron chi connectivity index (χ2n) is 5.03. The van der Waals surface area contributed by atoms with Crippen molar-refractivity contribution in [1.29, 1.82) is 0 Å². The van der Waals surface area contributed by atoms with Gasteiger partial charge in [-0.25, -0.2) is 0 Å². The van der Waals surface area contributed by atoms with Crippen molar-refractivity contribution < 1.29 is 0 Å². The molecule has 1 aromatic rings. The minimum atomic E-state index is 1.06. The molecule has 1 rings (SSSR count). The average molecular weight is 252 g/mol. The lowest BCUT2D eigenvalue weighted by molar-refractivity contribution is 0.328. The van der Waals surface area contributed by atoms with Gasteiger partial charge in [0.05, 0.1) is 5.69 Å². The summed E-state index contributed by atoms with van der Waals surface area (Å²) >= 11 is 0. The third-order valence-corrected chi connectivity index (χ3v) is 3.55. The van der Waals surface area contributed by atoms with Crippen molar-refractivity contribution in [3.63, 3.8) is 0 Å². The van der Waals surface area contributed by atoms with Crippen LogP contribution in [0.1, 0.15) is 30.3 Å². The van der Waals surface area contributed by atoms with E-state index < -0.39 is 0 Å². The first kappa shape index (κ1) is 15.2. The lowest BCUT2D eigenvalue weighted by atomic mass is 10.1.